The molecule has 0 saturated heterocycles. The molecule has 0 spiro atoms. The summed E-state index contributed by atoms with van der Waals surface area (Å²) in [4.78, 5) is 11.8. The molecule has 1 aromatic carbocycles. The molecule has 0 aliphatic rings. The summed E-state index contributed by atoms with van der Waals surface area (Å²) in [6, 6.07) is 4.16. The van der Waals surface area contributed by atoms with E-state index in [0.29, 0.717) is 11.4 Å². The lowest BCUT2D eigenvalue weighted by atomic mass is 10.2. The highest BCUT2D eigenvalue weighted by Crippen LogP contribution is 2.21. The van der Waals surface area contributed by atoms with Crippen LogP contribution in [0.25, 0.3) is 0 Å². The van der Waals surface area contributed by atoms with E-state index in [1.807, 2.05) is 13.8 Å². The Morgan fingerprint density at radius 2 is 2.24 bits per heavy atom. The first-order chi connectivity index (χ1) is 9.97. The number of amides is 1. The first-order valence-corrected chi connectivity index (χ1v) is 7.75. The zero-order valence-electron chi connectivity index (χ0n) is 11.6. The Hall–Kier alpha value is -1.53. The van der Waals surface area contributed by atoms with Crippen molar-refractivity contribution in [2.75, 3.05) is 11.1 Å². The van der Waals surface area contributed by atoms with Crippen LogP contribution in [0.2, 0.25) is 5.02 Å². The number of hydrogen-bond acceptors (Lipinski definition) is 4. The molecule has 2 aromatic rings. The van der Waals surface area contributed by atoms with E-state index in [-0.39, 0.29) is 16.7 Å². The molecule has 0 unspecified atom stereocenters. The van der Waals surface area contributed by atoms with E-state index in [4.69, 9.17) is 16.1 Å². The van der Waals surface area contributed by atoms with Crippen LogP contribution < -0.4 is 5.32 Å². The summed E-state index contributed by atoms with van der Waals surface area (Å²) in [5.74, 6) is 0.907. The summed E-state index contributed by atoms with van der Waals surface area (Å²) in [5.41, 5.74) is 2.23. The van der Waals surface area contributed by atoms with Gasteiger partial charge in [0.25, 0.3) is 0 Å². The van der Waals surface area contributed by atoms with E-state index >= 15 is 0 Å². The van der Waals surface area contributed by atoms with Crippen molar-refractivity contribution in [2.45, 2.75) is 19.6 Å². The smallest absolute Gasteiger partial charge is 0.234 e. The minimum Gasteiger partial charge on any atom is -0.361 e. The van der Waals surface area contributed by atoms with Gasteiger partial charge in [0.15, 0.2) is 0 Å². The Bertz CT molecular complexity index is 641. The third-order valence-corrected chi connectivity index (χ3v) is 4.13. The van der Waals surface area contributed by atoms with Gasteiger partial charge in [0, 0.05) is 17.0 Å². The lowest BCUT2D eigenvalue weighted by Crippen LogP contribution is -2.14. The number of nitrogens with one attached hydrogen (secondary N) is 1. The van der Waals surface area contributed by atoms with Gasteiger partial charge < -0.3 is 9.84 Å². The number of carbonyl (C=O) groups excluding carboxylic acids is 1. The summed E-state index contributed by atoms with van der Waals surface area (Å²) in [7, 11) is 0. The summed E-state index contributed by atoms with van der Waals surface area (Å²) in [6.07, 6.45) is 0. The number of aryl methyl sites for hydroxylation is 2. The highest BCUT2D eigenvalue weighted by molar-refractivity contribution is 7.99. The summed E-state index contributed by atoms with van der Waals surface area (Å²) in [6.45, 7) is 3.70. The number of benzene rings is 1. The number of carbonyl (C=O) groups is 1. The Morgan fingerprint density at radius 1 is 1.48 bits per heavy atom. The van der Waals surface area contributed by atoms with Gasteiger partial charge in [-0.15, -0.1) is 11.8 Å². The van der Waals surface area contributed by atoms with Crippen molar-refractivity contribution in [3.63, 3.8) is 0 Å². The van der Waals surface area contributed by atoms with Crippen molar-refractivity contribution in [3.8, 4) is 0 Å². The van der Waals surface area contributed by atoms with Crippen molar-refractivity contribution in [1.29, 1.82) is 0 Å². The second-order valence-electron chi connectivity index (χ2n) is 4.47. The lowest BCUT2D eigenvalue weighted by molar-refractivity contribution is -0.113. The van der Waals surface area contributed by atoms with Gasteiger partial charge in [0.05, 0.1) is 16.5 Å². The van der Waals surface area contributed by atoms with E-state index in [2.05, 4.69) is 10.5 Å². The third kappa shape index (κ3) is 4.22. The molecule has 0 bridgehead atoms. The van der Waals surface area contributed by atoms with Gasteiger partial charge in [-0.2, -0.15) is 0 Å². The van der Waals surface area contributed by atoms with Gasteiger partial charge >= 0.3 is 0 Å². The second-order valence-corrected chi connectivity index (χ2v) is 5.87. The first-order valence-electron chi connectivity index (χ1n) is 6.21. The molecule has 0 aliphatic carbocycles. The second kappa shape index (κ2) is 6.95. The fraction of sp³-hybridized carbons (Fsp3) is 0.286. The first kappa shape index (κ1) is 15.9. The lowest BCUT2D eigenvalue weighted by Gasteiger charge is -2.06. The van der Waals surface area contributed by atoms with Gasteiger partial charge in [-0.3, -0.25) is 4.79 Å². The molecule has 1 heterocycles. The van der Waals surface area contributed by atoms with E-state index < -0.39 is 5.82 Å². The maximum Gasteiger partial charge on any atom is 0.234 e. The highest BCUT2D eigenvalue weighted by Gasteiger charge is 2.10. The fourth-order valence-corrected chi connectivity index (χ4v) is 2.82. The minimum atomic E-state index is -0.558. The van der Waals surface area contributed by atoms with Crippen LogP contribution in [0.5, 0.6) is 0 Å². The van der Waals surface area contributed by atoms with Gasteiger partial charge in [0.1, 0.15) is 11.6 Å². The number of anilines is 1. The van der Waals surface area contributed by atoms with Crippen molar-refractivity contribution < 1.29 is 13.7 Å². The molecule has 4 nitrogen and oxygen atoms in total. The van der Waals surface area contributed by atoms with Crippen molar-refractivity contribution in [1.82, 2.24) is 5.16 Å². The van der Waals surface area contributed by atoms with Crippen LogP contribution in [0, 0.1) is 19.7 Å². The van der Waals surface area contributed by atoms with Crippen molar-refractivity contribution >= 4 is 35.0 Å². The topological polar surface area (TPSA) is 55.1 Å². The van der Waals surface area contributed by atoms with Gasteiger partial charge in [-0.25, -0.2) is 4.39 Å². The Labute approximate surface area is 131 Å². The summed E-state index contributed by atoms with van der Waals surface area (Å²) < 4.78 is 18.3. The summed E-state index contributed by atoms with van der Waals surface area (Å²) >= 11 is 7.02. The van der Waals surface area contributed by atoms with Gasteiger partial charge in [0.2, 0.25) is 5.91 Å². The minimum absolute atomic E-state index is 0.0285. The molecule has 0 fully saturated rings. The van der Waals surface area contributed by atoms with Crippen LogP contribution >= 0.6 is 23.4 Å². The van der Waals surface area contributed by atoms with Crippen LogP contribution in [0.3, 0.4) is 0 Å². The molecular weight excluding hydrogens is 315 g/mol. The predicted octanol–water partition coefficient (Wildman–Crippen LogP) is 3.96. The molecule has 0 atom stereocenters. The molecule has 7 heteroatoms. The Kier molecular flexibility index (Phi) is 5.25. The number of rotatable bonds is 5. The van der Waals surface area contributed by atoms with Gasteiger partial charge in [-0.1, -0.05) is 16.8 Å². The van der Waals surface area contributed by atoms with Gasteiger partial charge in [-0.05, 0) is 32.0 Å². The molecule has 112 valence electrons. The van der Waals surface area contributed by atoms with Crippen LogP contribution in [-0.2, 0) is 10.5 Å². The molecule has 2 rings (SSSR count). The third-order valence-electron chi connectivity index (χ3n) is 2.86. The maximum atomic E-state index is 13.3. The number of aromatic nitrogens is 1. The monoisotopic (exact) mass is 328 g/mol. The zero-order chi connectivity index (χ0) is 15.4. The van der Waals surface area contributed by atoms with E-state index in [0.717, 1.165) is 17.0 Å². The molecule has 0 saturated carbocycles. The number of halogens is 2. The zero-order valence-corrected chi connectivity index (χ0v) is 13.1. The number of nitrogens with zero attached hydrogens (tertiary/aromatic N) is 1. The van der Waals surface area contributed by atoms with Crippen molar-refractivity contribution in [2.24, 2.45) is 0 Å². The van der Waals surface area contributed by atoms with Crippen LogP contribution in [0.4, 0.5) is 10.1 Å². The molecular formula is C14H14ClFN2O2S. The fourth-order valence-electron chi connectivity index (χ4n) is 1.72. The van der Waals surface area contributed by atoms with E-state index in [9.17, 15) is 9.18 Å². The standard InChI is InChI=1S/C14H14ClFN2O2S/c1-8-11(9(2)20-18-8)6-21-7-14(19)17-10-3-4-12(15)13(16)5-10/h3-5H,6-7H2,1-2H3,(H,17,19). The largest absolute Gasteiger partial charge is 0.361 e. The SMILES string of the molecule is Cc1noc(C)c1CSCC(=O)Nc1ccc(Cl)c(F)c1. The Morgan fingerprint density at radius 3 is 2.86 bits per heavy atom. The summed E-state index contributed by atoms with van der Waals surface area (Å²) in [5, 5.41) is 6.51. The van der Waals surface area contributed by atoms with E-state index in [1.165, 1.54) is 23.9 Å². The van der Waals surface area contributed by atoms with E-state index in [1.54, 1.807) is 6.07 Å². The molecule has 0 aliphatic heterocycles. The number of thioether (sulfide) groups is 1. The van der Waals surface area contributed by atoms with Crippen LogP contribution in [0.15, 0.2) is 22.7 Å². The predicted molar refractivity (Wildman–Crippen MR) is 82.2 cm³/mol. The average molecular weight is 329 g/mol. The van der Waals surface area contributed by atoms with Crippen LogP contribution in [-0.4, -0.2) is 16.8 Å². The number of hydrogen-bond donors (Lipinski definition) is 1. The normalized spacial score (nSPS) is 10.7. The quantitative estimate of drug-likeness (QED) is 0.902. The van der Waals surface area contributed by atoms with Crippen LogP contribution in [0.1, 0.15) is 17.0 Å². The maximum absolute atomic E-state index is 13.3. The van der Waals surface area contributed by atoms with Crippen molar-refractivity contribution in [3.05, 3.63) is 46.1 Å². The highest BCUT2D eigenvalue weighted by atomic mass is 35.5. The Balaban J connectivity index is 1.84. The molecule has 1 aromatic heterocycles. The average Bonchev–Trinajstić information content (AvgIpc) is 2.74. The molecule has 21 heavy (non-hydrogen) atoms. The molecule has 1 amide bonds. The molecule has 0 radical (unpaired) electrons. The molecule has 1 N–H and O–H groups in total.